The van der Waals surface area contributed by atoms with E-state index in [1.807, 2.05) is 30.3 Å². The lowest BCUT2D eigenvalue weighted by atomic mass is 9.89. The van der Waals surface area contributed by atoms with Crippen LogP contribution in [0.1, 0.15) is 32.7 Å². The number of carbonyl (C=O) groups excluding carboxylic acids is 2. The molecule has 134 valence electrons. The summed E-state index contributed by atoms with van der Waals surface area (Å²) in [7, 11) is 2.71. The summed E-state index contributed by atoms with van der Waals surface area (Å²) in [6.07, 6.45) is 0.702. The highest BCUT2D eigenvalue weighted by Crippen LogP contribution is 2.36. The van der Waals surface area contributed by atoms with Crippen molar-refractivity contribution in [2.75, 3.05) is 26.2 Å². The Morgan fingerprint density at radius 2 is 1.54 bits per heavy atom. The van der Waals surface area contributed by atoms with E-state index in [4.69, 9.17) is 4.74 Å². The topological polar surface area (TPSA) is 49.9 Å². The number of fused-ring (bicyclic) bond motifs is 1. The average molecular weight is 368 g/mol. The molecule has 0 saturated carbocycles. The van der Waals surface area contributed by atoms with Crippen molar-refractivity contribution in [2.24, 2.45) is 0 Å². The number of carbonyl (C=O) groups is 2. The van der Waals surface area contributed by atoms with Crippen molar-refractivity contribution < 1.29 is 14.3 Å². The van der Waals surface area contributed by atoms with Gasteiger partial charge in [-0.2, -0.15) is 0 Å². The van der Waals surface area contributed by atoms with E-state index in [1.165, 1.54) is 4.90 Å². The van der Waals surface area contributed by atoms with Gasteiger partial charge in [-0.05, 0) is 24.1 Å². The molecule has 0 bridgehead atoms. The molecule has 0 spiro atoms. The monoisotopic (exact) mass is 368 g/mol. The van der Waals surface area contributed by atoms with Gasteiger partial charge in [0, 0.05) is 13.1 Å². The quantitative estimate of drug-likeness (QED) is 0.617. The zero-order chi connectivity index (χ0) is 18.1. The first-order valence-electron chi connectivity index (χ1n) is 8.75. The van der Waals surface area contributed by atoms with Crippen LogP contribution in [0.15, 0.2) is 54.6 Å². The number of nitrogens with zero attached hydrogens (tertiary/aromatic N) is 2. The van der Waals surface area contributed by atoms with Gasteiger partial charge in [0.05, 0.1) is 24.3 Å². The van der Waals surface area contributed by atoms with Crippen molar-refractivity contribution in [3.8, 4) is 0 Å². The van der Waals surface area contributed by atoms with Crippen LogP contribution >= 0.6 is 9.39 Å². The summed E-state index contributed by atoms with van der Waals surface area (Å²) in [6, 6.07) is 16.9. The molecule has 1 fully saturated rings. The van der Waals surface area contributed by atoms with E-state index in [9.17, 15) is 9.59 Å². The predicted octanol–water partition coefficient (Wildman–Crippen LogP) is 2.69. The first-order chi connectivity index (χ1) is 12.6. The van der Waals surface area contributed by atoms with Crippen molar-refractivity contribution >= 4 is 21.2 Å². The van der Waals surface area contributed by atoms with Gasteiger partial charge in [-0.25, -0.2) is 0 Å². The third kappa shape index (κ3) is 2.96. The van der Waals surface area contributed by atoms with Gasteiger partial charge in [-0.1, -0.05) is 51.9 Å². The van der Waals surface area contributed by atoms with Crippen LogP contribution in [0.3, 0.4) is 0 Å². The molecule has 2 atom stereocenters. The summed E-state index contributed by atoms with van der Waals surface area (Å²) < 4.78 is 8.44. The minimum atomic E-state index is -0.695. The average Bonchev–Trinajstić information content (AvgIpc) is 2.81. The predicted molar refractivity (Wildman–Crippen MR) is 102 cm³/mol. The fourth-order valence-corrected chi connectivity index (χ4v) is 3.92. The van der Waals surface area contributed by atoms with Crippen LogP contribution in [0, 0.1) is 0 Å². The molecule has 4 rings (SSSR count). The van der Waals surface area contributed by atoms with Gasteiger partial charge in [0.25, 0.3) is 11.8 Å². The molecule has 0 N–H and O–H groups in total. The fourth-order valence-electron chi connectivity index (χ4n) is 3.69. The van der Waals surface area contributed by atoms with Gasteiger partial charge in [-0.3, -0.25) is 19.2 Å². The van der Waals surface area contributed by atoms with Crippen LogP contribution in [0.4, 0.5) is 0 Å². The molecule has 2 aliphatic heterocycles. The van der Waals surface area contributed by atoms with Crippen LogP contribution in [-0.2, 0) is 10.3 Å². The van der Waals surface area contributed by atoms with Crippen molar-refractivity contribution in [1.82, 2.24) is 9.57 Å². The minimum Gasteiger partial charge on any atom is -0.367 e. The van der Waals surface area contributed by atoms with E-state index in [0.717, 1.165) is 18.7 Å². The molecule has 5 nitrogen and oxygen atoms in total. The lowest BCUT2D eigenvalue weighted by Crippen LogP contribution is -2.45. The molecular weight excluding hydrogens is 347 g/mol. The second-order valence-electron chi connectivity index (χ2n) is 6.74. The number of ether oxygens (including phenoxy) is 1. The van der Waals surface area contributed by atoms with E-state index in [-0.39, 0.29) is 18.4 Å². The van der Waals surface area contributed by atoms with Crippen molar-refractivity contribution in [1.29, 1.82) is 0 Å². The lowest BCUT2D eigenvalue weighted by molar-refractivity contribution is -0.0563. The largest absolute Gasteiger partial charge is 0.367 e. The smallest absolute Gasteiger partial charge is 0.261 e. The Hall–Kier alpha value is -2.07. The van der Waals surface area contributed by atoms with Gasteiger partial charge in [0.2, 0.25) is 0 Å². The summed E-state index contributed by atoms with van der Waals surface area (Å²) in [5.74, 6) is -0.479. The summed E-state index contributed by atoms with van der Waals surface area (Å²) in [4.78, 5) is 27.0. The summed E-state index contributed by atoms with van der Waals surface area (Å²) in [5, 5.41) is 0. The molecule has 1 saturated heterocycles. The Balaban J connectivity index is 1.70. The number of rotatable bonds is 3. The van der Waals surface area contributed by atoms with Crippen LogP contribution < -0.4 is 0 Å². The SMILES string of the molecule is O=C1c2ccccc2C(=O)N1CC1(c2ccccc2)CCN(P)CCO1. The van der Waals surface area contributed by atoms with Crippen LogP contribution in [0.25, 0.3) is 0 Å². The molecule has 0 aromatic heterocycles. The third-order valence-corrected chi connectivity index (χ3v) is 5.67. The first-order valence-corrected chi connectivity index (χ1v) is 9.27. The van der Waals surface area contributed by atoms with Gasteiger partial charge in [-0.15, -0.1) is 0 Å². The van der Waals surface area contributed by atoms with E-state index >= 15 is 0 Å². The van der Waals surface area contributed by atoms with E-state index in [1.54, 1.807) is 24.3 Å². The van der Waals surface area contributed by atoms with Crippen molar-refractivity contribution in [3.63, 3.8) is 0 Å². The molecule has 6 heteroatoms. The number of amides is 2. The van der Waals surface area contributed by atoms with Gasteiger partial charge < -0.3 is 4.74 Å². The number of hydrogen-bond donors (Lipinski definition) is 0. The Bertz CT molecular complexity index is 807. The molecule has 2 aromatic carbocycles. The zero-order valence-electron chi connectivity index (χ0n) is 14.4. The number of benzene rings is 2. The Kier molecular flexibility index (Phi) is 4.62. The molecule has 2 amide bonds. The fraction of sp³-hybridized carbons (Fsp3) is 0.300. The summed E-state index contributed by atoms with van der Waals surface area (Å²) in [5.41, 5.74) is 1.25. The highest BCUT2D eigenvalue weighted by Gasteiger charge is 2.44. The molecule has 2 aliphatic rings. The zero-order valence-corrected chi connectivity index (χ0v) is 15.6. The van der Waals surface area contributed by atoms with Crippen LogP contribution in [0.2, 0.25) is 0 Å². The van der Waals surface area contributed by atoms with Gasteiger partial charge in [0.15, 0.2) is 0 Å². The molecule has 26 heavy (non-hydrogen) atoms. The highest BCUT2D eigenvalue weighted by molar-refractivity contribution is 7.13. The van der Waals surface area contributed by atoms with Crippen molar-refractivity contribution in [2.45, 2.75) is 12.0 Å². The molecule has 0 aliphatic carbocycles. The Morgan fingerprint density at radius 1 is 0.923 bits per heavy atom. The highest BCUT2D eigenvalue weighted by atomic mass is 31.0. The van der Waals surface area contributed by atoms with Crippen LogP contribution in [-0.4, -0.2) is 47.6 Å². The molecule has 2 aromatic rings. The lowest BCUT2D eigenvalue weighted by Gasteiger charge is -2.36. The summed E-state index contributed by atoms with van der Waals surface area (Å²) in [6.45, 7) is 2.37. The summed E-state index contributed by atoms with van der Waals surface area (Å²) >= 11 is 0. The van der Waals surface area contributed by atoms with E-state index < -0.39 is 5.60 Å². The van der Waals surface area contributed by atoms with E-state index in [0.29, 0.717) is 24.2 Å². The second kappa shape index (κ2) is 6.92. The van der Waals surface area contributed by atoms with Gasteiger partial charge >= 0.3 is 0 Å². The number of hydrogen-bond acceptors (Lipinski definition) is 4. The molecule has 2 unspecified atom stereocenters. The molecule has 0 radical (unpaired) electrons. The van der Waals surface area contributed by atoms with Crippen molar-refractivity contribution in [3.05, 3.63) is 71.3 Å². The Morgan fingerprint density at radius 3 is 2.19 bits per heavy atom. The normalized spacial score (nSPS) is 23.8. The standard InChI is InChI=1S/C20H21N2O3P/c23-18-16-8-4-5-9-17(16)19(24)22(18)14-20(15-6-2-1-3-7-15)10-11-21(26)12-13-25-20/h1-9H,10-14,26H2. The Labute approximate surface area is 155 Å². The number of imide groups is 1. The maximum absolute atomic E-state index is 12.8. The second-order valence-corrected chi connectivity index (χ2v) is 7.47. The molecular formula is C20H21N2O3P. The maximum atomic E-state index is 12.8. The third-order valence-electron chi connectivity index (χ3n) is 5.15. The maximum Gasteiger partial charge on any atom is 0.261 e. The molecule has 2 heterocycles. The first kappa shape index (κ1) is 17.3. The van der Waals surface area contributed by atoms with Gasteiger partial charge in [0.1, 0.15) is 5.60 Å². The van der Waals surface area contributed by atoms with E-state index in [2.05, 4.69) is 14.1 Å². The van der Waals surface area contributed by atoms with Crippen LogP contribution in [0.5, 0.6) is 0 Å². The minimum absolute atomic E-state index is 0.224.